The van der Waals surface area contributed by atoms with Crippen molar-refractivity contribution in [2.24, 2.45) is 0 Å². The molecular formula is C16H17NO2S. The second-order valence-corrected chi connectivity index (χ2v) is 6.97. The van der Waals surface area contributed by atoms with E-state index in [2.05, 4.69) is 4.72 Å². The van der Waals surface area contributed by atoms with Crippen LogP contribution in [0.4, 0.5) is 0 Å². The van der Waals surface area contributed by atoms with Crippen molar-refractivity contribution in [3.05, 3.63) is 65.7 Å². The summed E-state index contributed by atoms with van der Waals surface area (Å²) in [6.07, 6.45) is 1.70. The summed E-state index contributed by atoms with van der Waals surface area (Å²) in [5.41, 5.74) is 1.39. The predicted molar refractivity (Wildman–Crippen MR) is 78.9 cm³/mol. The zero-order valence-corrected chi connectivity index (χ0v) is 12.2. The van der Waals surface area contributed by atoms with Gasteiger partial charge in [-0.15, -0.1) is 0 Å². The zero-order valence-electron chi connectivity index (χ0n) is 11.3. The monoisotopic (exact) mass is 287 g/mol. The normalized spacial score (nSPS) is 16.9. The first-order valence-electron chi connectivity index (χ1n) is 6.69. The van der Waals surface area contributed by atoms with Gasteiger partial charge in [-0.05, 0) is 37.0 Å². The molecule has 0 aromatic heterocycles. The van der Waals surface area contributed by atoms with Crippen molar-refractivity contribution in [1.82, 2.24) is 4.72 Å². The van der Waals surface area contributed by atoms with E-state index in [0.29, 0.717) is 4.90 Å². The minimum atomic E-state index is -3.48. The quantitative estimate of drug-likeness (QED) is 0.939. The van der Waals surface area contributed by atoms with Crippen LogP contribution < -0.4 is 4.72 Å². The Bertz CT molecular complexity index is 719. The molecule has 1 saturated carbocycles. The van der Waals surface area contributed by atoms with E-state index in [4.69, 9.17) is 0 Å². The van der Waals surface area contributed by atoms with Crippen LogP contribution >= 0.6 is 0 Å². The minimum absolute atomic E-state index is 0.363. The second kappa shape index (κ2) is 4.72. The van der Waals surface area contributed by atoms with Crippen LogP contribution in [0.2, 0.25) is 0 Å². The highest BCUT2D eigenvalue weighted by Crippen LogP contribution is 2.46. The molecule has 0 unspecified atom stereocenters. The lowest BCUT2D eigenvalue weighted by Crippen LogP contribution is -2.35. The van der Waals surface area contributed by atoms with Crippen molar-refractivity contribution < 1.29 is 8.42 Å². The van der Waals surface area contributed by atoms with Crippen LogP contribution in [0.1, 0.15) is 24.0 Å². The molecule has 0 atom stereocenters. The summed E-state index contributed by atoms with van der Waals surface area (Å²) in [6.45, 7) is 1.82. The molecule has 0 aliphatic heterocycles. The summed E-state index contributed by atoms with van der Waals surface area (Å²) in [5.74, 6) is 0. The van der Waals surface area contributed by atoms with Gasteiger partial charge in [0, 0.05) is 0 Å². The van der Waals surface area contributed by atoms with Crippen molar-refractivity contribution in [2.75, 3.05) is 0 Å². The number of sulfonamides is 1. The van der Waals surface area contributed by atoms with Gasteiger partial charge in [0.25, 0.3) is 0 Å². The maximum absolute atomic E-state index is 12.6. The molecule has 1 N–H and O–H groups in total. The van der Waals surface area contributed by atoms with Crippen molar-refractivity contribution in [2.45, 2.75) is 30.2 Å². The molecule has 0 saturated heterocycles. The van der Waals surface area contributed by atoms with Gasteiger partial charge in [0.15, 0.2) is 0 Å². The summed E-state index contributed by atoms with van der Waals surface area (Å²) in [4.78, 5) is 0.363. The van der Waals surface area contributed by atoms with E-state index in [-0.39, 0.29) is 0 Å². The van der Waals surface area contributed by atoms with Gasteiger partial charge in [0.1, 0.15) is 0 Å². The molecule has 0 amide bonds. The number of hydrogen-bond donors (Lipinski definition) is 1. The molecule has 1 aliphatic carbocycles. The molecule has 2 aromatic carbocycles. The number of rotatable bonds is 4. The van der Waals surface area contributed by atoms with E-state index in [0.717, 1.165) is 24.0 Å². The number of aryl methyl sites for hydroxylation is 1. The third-order valence-electron chi connectivity index (χ3n) is 3.79. The molecule has 3 nitrogen and oxygen atoms in total. The third kappa shape index (κ3) is 2.37. The first-order valence-corrected chi connectivity index (χ1v) is 8.17. The van der Waals surface area contributed by atoms with E-state index in [1.807, 2.05) is 49.4 Å². The van der Waals surface area contributed by atoms with Crippen molar-refractivity contribution in [3.8, 4) is 0 Å². The van der Waals surface area contributed by atoms with Crippen LogP contribution in [-0.4, -0.2) is 8.42 Å². The van der Waals surface area contributed by atoms with Crippen LogP contribution in [-0.2, 0) is 15.6 Å². The molecule has 1 fully saturated rings. The molecule has 3 rings (SSSR count). The first kappa shape index (κ1) is 13.3. The summed E-state index contributed by atoms with van der Waals surface area (Å²) < 4.78 is 28.0. The van der Waals surface area contributed by atoms with Gasteiger partial charge in [-0.25, -0.2) is 13.1 Å². The molecule has 20 heavy (non-hydrogen) atoms. The van der Waals surface area contributed by atoms with Gasteiger partial charge in [0.05, 0.1) is 10.4 Å². The fourth-order valence-corrected chi connectivity index (χ4v) is 4.20. The van der Waals surface area contributed by atoms with Crippen LogP contribution in [0.15, 0.2) is 59.5 Å². The van der Waals surface area contributed by atoms with E-state index >= 15 is 0 Å². The maximum atomic E-state index is 12.6. The Morgan fingerprint density at radius 1 is 0.950 bits per heavy atom. The lowest BCUT2D eigenvalue weighted by Gasteiger charge is -2.18. The smallest absolute Gasteiger partial charge is 0.207 e. The first-order chi connectivity index (χ1) is 9.54. The summed E-state index contributed by atoms with van der Waals surface area (Å²) in [5, 5.41) is 0. The summed E-state index contributed by atoms with van der Waals surface area (Å²) >= 11 is 0. The molecule has 0 heterocycles. The van der Waals surface area contributed by atoms with E-state index in [9.17, 15) is 8.42 Å². The summed E-state index contributed by atoms with van der Waals surface area (Å²) in [7, 11) is -3.48. The molecule has 2 aromatic rings. The SMILES string of the molecule is Cc1ccccc1S(=O)(=O)NC1(c2ccccc2)CC1. The van der Waals surface area contributed by atoms with E-state index in [1.54, 1.807) is 12.1 Å². The average Bonchev–Trinajstić information content (AvgIpc) is 3.20. The third-order valence-corrected chi connectivity index (χ3v) is 5.49. The Hall–Kier alpha value is -1.65. The Morgan fingerprint density at radius 3 is 2.15 bits per heavy atom. The standard InChI is InChI=1S/C16H17NO2S/c1-13-7-5-6-10-15(13)20(18,19)17-16(11-12-16)14-8-3-2-4-9-14/h2-10,17H,11-12H2,1H3. The lowest BCUT2D eigenvalue weighted by atomic mass is 10.1. The minimum Gasteiger partial charge on any atom is -0.207 e. The highest BCUT2D eigenvalue weighted by Gasteiger charge is 2.47. The van der Waals surface area contributed by atoms with Gasteiger partial charge in [-0.2, -0.15) is 0 Å². The molecule has 4 heteroatoms. The maximum Gasteiger partial charge on any atom is 0.241 e. The largest absolute Gasteiger partial charge is 0.241 e. The van der Waals surface area contributed by atoms with Gasteiger partial charge in [0.2, 0.25) is 10.0 Å². The van der Waals surface area contributed by atoms with Gasteiger partial charge >= 0.3 is 0 Å². The molecule has 1 aliphatic rings. The Labute approximate surface area is 119 Å². The van der Waals surface area contributed by atoms with Crippen molar-refractivity contribution in [3.63, 3.8) is 0 Å². The Balaban J connectivity index is 1.94. The van der Waals surface area contributed by atoms with Crippen LogP contribution in [0.5, 0.6) is 0 Å². The van der Waals surface area contributed by atoms with Crippen LogP contribution in [0.25, 0.3) is 0 Å². The molecule has 0 radical (unpaired) electrons. The average molecular weight is 287 g/mol. The molecular weight excluding hydrogens is 270 g/mol. The highest BCUT2D eigenvalue weighted by molar-refractivity contribution is 7.89. The van der Waals surface area contributed by atoms with Crippen LogP contribution in [0.3, 0.4) is 0 Å². The predicted octanol–water partition coefficient (Wildman–Crippen LogP) is 2.96. The van der Waals surface area contributed by atoms with Gasteiger partial charge in [-0.1, -0.05) is 48.5 Å². The second-order valence-electron chi connectivity index (χ2n) is 5.32. The zero-order chi connectivity index (χ0) is 14.2. The Morgan fingerprint density at radius 2 is 1.55 bits per heavy atom. The van der Waals surface area contributed by atoms with Gasteiger partial charge < -0.3 is 0 Å². The fourth-order valence-electron chi connectivity index (χ4n) is 2.50. The van der Waals surface area contributed by atoms with Gasteiger partial charge in [-0.3, -0.25) is 0 Å². The van der Waals surface area contributed by atoms with Crippen molar-refractivity contribution in [1.29, 1.82) is 0 Å². The lowest BCUT2D eigenvalue weighted by molar-refractivity contribution is 0.551. The Kier molecular flexibility index (Phi) is 3.15. The number of benzene rings is 2. The molecule has 0 spiro atoms. The fraction of sp³-hybridized carbons (Fsp3) is 0.250. The number of nitrogens with one attached hydrogen (secondary N) is 1. The topological polar surface area (TPSA) is 46.2 Å². The number of hydrogen-bond acceptors (Lipinski definition) is 2. The van der Waals surface area contributed by atoms with Crippen LogP contribution in [0, 0.1) is 6.92 Å². The highest BCUT2D eigenvalue weighted by atomic mass is 32.2. The van der Waals surface area contributed by atoms with E-state index < -0.39 is 15.6 Å². The molecule has 104 valence electrons. The van der Waals surface area contributed by atoms with Crippen molar-refractivity contribution >= 4 is 10.0 Å². The molecule has 0 bridgehead atoms. The van der Waals surface area contributed by atoms with E-state index in [1.165, 1.54) is 0 Å². The summed E-state index contributed by atoms with van der Waals surface area (Å²) in [6, 6.07) is 16.8.